The van der Waals surface area contributed by atoms with E-state index in [9.17, 15) is 14.4 Å². The number of aromatic nitrogens is 1. The van der Waals surface area contributed by atoms with Crippen LogP contribution in [-0.4, -0.2) is 29.0 Å². The minimum Gasteiger partial charge on any atom is -0.496 e. The van der Waals surface area contributed by atoms with Crippen molar-refractivity contribution in [2.24, 2.45) is 0 Å². The van der Waals surface area contributed by atoms with Gasteiger partial charge in [-0.15, -0.1) is 0 Å². The number of ketones is 1. The van der Waals surface area contributed by atoms with Gasteiger partial charge in [0, 0.05) is 23.6 Å². The van der Waals surface area contributed by atoms with E-state index in [4.69, 9.17) is 9.84 Å². The topological polar surface area (TPSA) is 96.5 Å². The number of para-hydroxylation sites is 1. The largest absolute Gasteiger partial charge is 0.496 e. The second kappa shape index (κ2) is 5.72. The maximum Gasteiger partial charge on any atom is 0.341 e. The Kier molecular flexibility index (Phi) is 3.73. The van der Waals surface area contributed by atoms with Crippen LogP contribution in [0.15, 0.2) is 35.1 Å². The minimum atomic E-state index is -1.34. The molecule has 0 saturated carbocycles. The Morgan fingerprint density at radius 3 is 2.70 bits per heavy atom. The Morgan fingerprint density at radius 1 is 1.26 bits per heavy atom. The summed E-state index contributed by atoms with van der Waals surface area (Å²) in [5.74, 6) is -0.940. The van der Waals surface area contributed by atoms with Gasteiger partial charge in [0.15, 0.2) is 5.78 Å². The fourth-order valence-corrected chi connectivity index (χ4v) is 3.01. The zero-order valence-corrected chi connectivity index (χ0v) is 12.5. The molecule has 23 heavy (non-hydrogen) atoms. The highest BCUT2D eigenvalue weighted by Gasteiger charge is 2.30. The minimum absolute atomic E-state index is 0.113. The molecule has 2 aromatic rings. The maximum absolute atomic E-state index is 12.4. The first-order chi connectivity index (χ1) is 11.0. The number of carboxylic acid groups (broad SMARTS) is 1. The van der Waals surface area contributed by atoms with Crippen molar-refractivity contribution in [3.8, 4) is 5.75 Å². The molecule has 1 aliphatic carbocycles. The number of H-pyrrole nitrogens is 1. The van der Waals surface area contributed by atoms with E-state index in [1.807, 2.05) is 24.3 Å². The molecule has 0 aliphatic heterocycles. The number of methoxy groups -OCH3 is 1. The Labute approximate surface area is 131 Å². The first kappa shape index (κ1) is 15.0. The van der Waals surface area contributed by atoms with Crippen molar-refractivity contribution in [3.05, 3.63) is 63.1 Å². The van der Waals surface area contributed by atoms with Crippen LogP contribution in [0.4, 0.5) is 0 Å². The molecule has 1 aliphatic rings. The van der Waals surface area contributed by atoms with Crippen LogP contribution < -0.4 is 10.3 Å². The fraction of sp³-hybridized carbons (Fsp3) is 0.235. The number of hydrogen-bond acceptors (Lipinski definition) is 4. The number of hydrogen-bond donors (Lipinski definition) is 2. The highest BCUT2D eigenvalue weighted by Crippen LogP contribution is 2.36. The Bertz CT molecular complexity index is 852. The van der Waals surface area contributed by atoms with E-state index in [1.54, 1.807) is 7.11 Å². The number of carboxylic acids is 1. The Hall–Kier alpha value is -2.89. The number of rotatable bonds is 3. The average molecular weight is 313 g/mol. The zero-order chi connectivity index (χ0) is 16.6. The molecule has 0 amide bonds. The van der Waals surface area contributed by atoms with E-state index >= 15 is 0 Å². The highest BCUT2D eigenvalue weighted by atomic mass is 16.5. The summed E-state index contributed by atoms with van der Waals surface area (Å²) in [4.78, 5) is 37.8. The second-order valence-corrected chi connectivity index (χ2v) is 5.48. The molecule has 0 spiro atoms. The third-order valence-corrected chi connectivity index (χ3v) is 4.11. The van der Waals surface area contributed by atoms with Crippen LogP contribution >= 0.6 is 0 Å². The van der Waals surface area contributed by atoms with Gasteiger partial charge in [-0.3, -0.25) is 9.59 Å². The van der Waals surface area contributed by atoms with Gasteiger partial charge in [0.2, 0.25) is 0 Å². The number of aromatic carboxylic acids is 1. The molecule has 1 heterocycles. The quantitative estimate of drug-likeness (QED) is 0.903. The van der Waals surface area contributed by atoms with E-state index in [-0.39, 0.29) is 23.7 Å². The maximum atomic E-state index is 12.4. The fourth-order valence-electron chi connectivity index (χ4n) is 3.01. The molecule has 1 unspecified atom stereocenters. The molecule has 118 valence electrons. The smallest absolute Gasteiger partial charge is 0.341 e. The third-order valence-electron chi connectivity index (χ3n) is 4.11. The summed E-state index contributed by atoms with van der Waals surface area (Å²) in [6, 6.07) is 8.62. The molecular weight excluding hydrogens is 298 g/mol. The lowest BCUT2D eigenvalue weighted by Crippen LogP contribution is -2.27. The second-order valence-electron chi connectivity index (χ2n) is 5.48. The van der Waals surface area contributed by atoms with Crippen LogP contribution in [0.1, 0.15) is 44.3 Å². The number of aromatic amines is 1. The predicted octanol–water partition coefficient (Wildman–Crippen LogP) is 1.99. The van der Waals surface area contributed by atoms with Gasteiger partial charge in [-0.25, -0.2) is 4.79 Å². The molecule has 0 radical (unpaired) electrons. The number of Topliss-reactive ketones (excluding diaryl/α,β-unsaturated/α-hetero) is 1. The number of pyridine rings is 1. The van der Waals surface area contributed by atoms with Gasteiger partial charge in [0.25, 0.3) is 5.56 Å². The summed E-state index contributed by atoms with van der Waals surface area (Å²) in [7, 11) is 1.57. The van der Waals surface area contributed by atoms with Crippen molar-refractivity contribution in [2.45, 2.75) is 18.8 Å². The molecule has 0 bridgehead atoms. The average Bonchev–Trinajstić information content (AvgIpc) is 2.53. The van der Waals surface area contributed by atoms with Gasteiger partial charge >= 0.3 is 5.97 Å². The van der Waals surface area contributed by atoms with Crippen molar-refractivity contribution in [1.29, 1.82) is 0 Å². The number of carbonyl (C=O) groups excluding carboxylic acids is 1. The van der Waals surface area contributed by atoms with Crippen LogP contribution in [0.25, 0.3) is 0 Å². The van der Waals surface area contributed by atoms with E-state index in [0.29, 0.717) is 17.9 Å². The highest BCUT2D eigenvalue weighted by molar-refractivity contribution is 6.00. The van der Waals surface area contributed by atoms with Gasteiger partial charge in [-0.1, -0.05) is 18.2 Å². The Morgan fingerprint density at radius 2 is 2.00 bits per heavy atom. The normalized spacial score (nSPS) is 16.7. The molecule has 1 aromatic carbocycles. The van der Waals surface area contributed by atoms with Gasteiger partial charge < -0.3 is 14.8 Å². The Balaban J connectivity index is 2.04. The molecule has 0 fully saturated rings. The lowest BCUT2D eigenvalue weighted by Gasteiger charge is -2.25. The summed E-state index contributed by atoms with van der Waals surface area (Å²) < 4.78 is 5.34. The molecule has 1 atom stereocenters. The van der Waals surface area contributed by atoms with E-state index in [1.165, 1.54) is 6.07 Å². The molecule has 6 nitrogen and oxygen atoms in total. The zero-order valence-electron chi connectivity index (χ0n) is 12.5. The number of ether oxygens (including phenoxy) is 1. The van der Waals surface area contributed by atoms with Crippen LogP contribution in [0, 0.1) is 0 Å². The van der Waals surface area contributed by atoms with Crippen LogP contribution in [0.2, 0.25) is 0 Å². The third kappa shape index (κ3) is 2.63. The van der Waals surface area contributed by atoms with Gasteiger partial charge in [0.05, 0.1) is 7.11 Å². The van der Waals surface area contributed by atoms with Gasteiger partial charge in [-0.05, 0) is 24.1 Å². The SMILES string of the molecule is COc1ccccc1C1CC(=O)c2cc(C(=O)O)c(=O)[nH]c2C1. The first-order valence-corrected chi connectivity index (χ1v) is 7.17. The number of fused-ring (bicyclic) bond motifs is 1. The molecule has 3 rings (SSSR count). The van der Waals surface area contributed by atoms with Crippen LogP contribution in [-0.2, 0) is 6.42 Å². The van der Waals surface area contributed by atoms with E-state index in [2.05, 4.69) is 4.98 Å². The van der Waals surface area contributed by atoms with E-state index in [0.717, 1.165) is 5.56 Å². The molecule has 1 aromatic heterocycles. The first-order valence-electron chi connectivity index (χ1n) is 7.17. The lowest BCUT2D eigenvalue weighted by atomic mass is 9.81. The van der Waals surface area contributed by atoms with Crippen molar-refractivity contribution >= 4 is 11.8 Å². The van der Waals surface area contributed by atoms with Crippen LogP contribution in [0.5, 0.6) is 5.75 Å². The molecular formula is C17H15NO5. The monoisotopic (exact) mass is 313 g/mol. The number of carbonyl (C=O) groups is 2. The van der Waals surface area contributed by atoms with Crippen molar-refractivity contribution < 1.29 is 19.4 Å². The standard InChI is InChI=1S/C17H15NO5/c1-23-15-5-3-2-4-10(15)9-6-13-11(14(19)7-9)8-12(17(21)22)16(20)18-13/h2-5,8-9H,6-7H2,1H3,(H,18,20)(H,21,22). The summed E-state index contributed by atoms with van der Waals surface area (Å²) in [5.41, 5.74) is 0.565. The van der Waals surface area contributed by atoms with Crippen molar-refractivity contribution in [3.63, 3.8) is 0 Å². The number of benzene rings is 1. The number of nitrogens with one attached hydrogen (secondary N) is 1. The lowest BCUT2D eigenvalue weighted by molar-refractivity contribution is 0.0695. The molecule has 2 N–H and O–H groups in total. The van der Waals surface area contributed by atoms with E-state index < -0.39 is 17.1 Å². The van der Waals surface area contributed by atoms with Gasteiger partial charge in [-0.2, -0.15) is 0 Å². The van der Waals surface area contributed by atoms with Crippen LogP contribution in [0.3, 0.4) is 0 Å². The summed E-state index contributed by atoms with van der Waals surface area (Å²) in [5, 5.41) is 9.00. The molecule has 6 heteroatoms. The van der Waals surface area contributed by atoms with Gasteiger partial charge in [0.1, 0.15) is 11.3 Å². The summed E-state index contributed by atoms with van der Waals surface area (Å²) in [6.07, 6.45) is 0.703. The van der Waals surface area contributed by atoms with Crippen molar-refractivity contribution in [1.82, 2.24) is 4.98 Å². The molecule has 0 saturated heterocycles. The summed E-state index contributed by atoms with van der Waals surface area (Å²) >= 11 is 0. The summed E-state index contributed by atoms with van der Waals surface area (Å²) in [6.45, 7) is 0. The predicted molar refractivity (Wildman–Crippen MR) is 82.4 cm³/mol. The van der Waals surface area contributed by atoms with Crippen molar-refractivity contribution in [2.75, 3.05) is 7.11 Å².